The molecule has 0 bridgehead atoms. The first-order valence-electron chi connectivity index (χ1n) is 7.98. The van der Waals surface area contributed by atoms with Crippen molar-refractivity contribution < 1.29 is 31.5 Å². The predicted molar refractivity (Wildman–Crippen MR) is 92.9 cm³/mol. The summed E-state index contributed by atoms with van der Waals surface area (Å²) in [5, 5.41) is 2.33. The molecule has 3 aromatic rings. The lowest BCUT2D eigenvalue weighted by Crippen LogP contribution is -2.16. The van der Waals surface area contributed by atoms with Gasteiger partial charge >= 0.3 is 6.18 Å². The first-order valence-corrected chi connectivity index (χ1v) is 7.98. The molecule has 0 atom stereocenters. The summed E-state index contributed by atoms with van der Waals surface area (Å²) < 4.78 is 71.2. The first-order chi connectivity index (χ1) is 13.6. The maximum absolute atomic E-state index is 13.9. The molecule has 0 spiro atoms. The van der Waals surface area contributed by atoms with Gasteiger partial charge in [0.1, 0.15) is 11.6 Å². The summed E-state index contributed by atoms with van der Waals surface area (Å²) in [6, 6.07) is 6.65. The van der Waals surface area contributed by atoms with Crippen molar-refractivity contribution in [2.45, 2.75) is 6.18 Å². The highest BCUT2D eigenvalue weighted by Crippen LogP contribution is 2.35. The number of pyridine rings is 1. The molecule has 1 heterocycles. The van der Waals surface area contributed by atoms with Gasteiger partial charge in [-0.25, -0.2) is 8.78 Å². The standard InChI is InChI=1S/C19H11F5N2O3/c20-11-2-4-15(14(21)8-11)29-16-7-10(19(22,23)24)1-3-13(16)18(28)26-12-5-6-25-17(27)9-12/h1-9H,(H2,25,26,27,28). The third-order valence-corrected chi connectivity index (χ3v) is 3.70. The smallest absolute Gasteiger partial charge is 0.416 e. The van der Waals surface area contributed by atoms with Crippen LogP contribution >= 0.6 is 0 Å². The van der Waals surface area contributed by atoms with Crippen LogP contribution in [0.15, 0.2) is 59.5 Å². The number of aromatic nitrogens is 1. The zero-order valence-electron chi connectivity index (χ0n) is 14.3. The summed E-state index contributed by atoms with van der Waals surface area (Å²) in [4.78, 5) is 26.1. The van der Waals surface area contributed by atoms with Crippen LogP contribution in [-0.2, 0) is 6.18 Å². The topological polar surface area (TPSA) is 71.2 Å². The van der Waals surface area contributed by atoms with Gasteiger partial charge in [0.15, 0.2) is 11.6 Å². The highest BCUT2D eigenvalue weighted by atomic mass is 19.4. The van der Waals surface area contributed by atoms with Crippen molar-refractivity contribution in [1.29, 1.82) is 0 Å². The zero-order chi connectivity index (χ0) is 21.2. The van der Waals surface area contributed by atoms with Gasteiger partial charge in [-0.15, -0.1) is 0 Å². The van der Waals surface area contributed by atoms with Crippen LogP contribution in [0.5, 0.6) is 11.5 Å². The lowest BCUT2D eigenvalue weighted by atomic mass is 10.1. The number of H-pyrrole nitrogens is 1. The van der Waals surface area contributed by atoms with E-state index in [1.165, 1.54) is 12.3 Å². The molecule has 0 aliphatic rings. The van der Waals surface area contributed by atoms with E-state index in [1.54, 1.807) is 0 Å². The number of hydrogen-bond acceptors (Lipinski definition) is 3. The van der Waals surface area contributed by atoms with Crippen molar-refractivity contribution in [3.63, 3.8) is 0 Å². The quantitative estimate of drug-likeness (QED) is 0.612. The minimum Gasteiger partial charge on any atom is -0.453 e. The van der Waals surface area contributed by atoms with Crippen LogP contribution in [0.25, 0.3) is 0 Å². The van der Waals surface area contributed by atoms with Gasteiger partial charge in [0, 0.05) is 24.0 Å². The number of aromatic amines is 1. The van der Waals surface area contributed by atoms with Crippen LogP contribution in [0.4, 0.5) is 27.6 Å². The number of halogens is 5. The molecule has 1 aromatic heterocycles. The van der Waals surface area contributed by atoms with Crippen molar-refractivity contribution in [3.8, 4) is 11.5 Å². The molecule has 0 fully saturated rings. The van der Waals surface area contributed by atoms with Crippen molar-refractivity contribution >= 4 is 11.6 Å². The van der Waals surface area contributed by atoms with Gasteiger partial charge in [-0.2, -0.15) is 13.2 Å². The number of alkyl halides is 3. The van der Waals surface area contributed by atoms with Crippen LogP contribution in [-0.4, -0.2) is 10.9 Å². The molecule has 150 valence electrons. The number of hydrogen-bond donors (Lipinski definition) is 2. The maximum atomic E-state index is 13.9. The Morgan fingerprint density at radius 2 is 1.72 bits per heavy atom. The molecule has 0 radical (unpaired) electrons. The van der Waals surface area contributed by atoms with Gasteiger partial charge in [0.05, 0.1) is 11.1 Å². The summed E-state index contributed by atoms with van der Waals surface area (Å²) in [6.45, 7) is 0. The Hall–Kier alpha value is -3.69. The van der Waals surface area contributed by atoms with E-state index >= 15 is 0 Å². The Kier molecular flexibility index (Phi) is 5.35. The van der Waals surface area contributed by atoms with Crippen molar-refractivity contribution in [3.05, 3.63) is 87.8 Å². The van der Waals surface area contributed by atoms with Crippen molar-refractivity contribution in [2.75, 3.05) is 5.32 Å². The third kappa shape index (κ3) is 4.78. The fourth-order valence-corrected chi connectivity index (χ4v) is 2.37. The van der Waals surface area contributed by atoms with E-state index in [0.717, 1.165) is 24.3 Å². The minimum absolute atomic E-state index is 0.0811. The Morgan fingerprint density at radius 3 is 2.38 bits per heavy atom. The van der Waals surface area contributed by atoms with Crippen LogP contribution < -0.4 is 15.6 Å². The van der Waals surface area contributed by atoms with Crippen molar-refractivity contribution in [2.24, 2.45) is 0 Å². The number of carbonyl (C=O) groups is 1. The molecule has 10 heteroatoms. The molecule has 29 heavy (non-hydrogen) atoms. The molecule has 3 rings (SSSR count). The summed E-state index contributed by atoms with van der Waals surface area (Å²) in [6.07, 6.45) is -3.49. The van der Waals surface area contributed by atoms with Crippen molar-refractivity contribution in [1.82, 2.24) is 4.98 Å². The Morgan fingerprint density at radius 1 is 0.966 bits per heavy atom. The van der Waals surface area contributed by atoms with E-state index in [1.807, 2.05) is 0 Å². The van der Waals surface area contributed by atoms with E-state index in [-0.39, 0.29) is 11.3 Å². The summed E-state index contributed by atoms with van der Waals surface area (Å²) in [5.41, 5.74) is -1.93. The van der Waals surface area contributed by atoms with E-state index in [4.69, 9.17) is 4.74 Å². The van der Waals surface area contributed by atoms with Crippen LogP contribution in [0.3, 0.4) is 0 Å². The summed E-state index contributed by atoms with van der Waals surface area (Å²) in [7, 11) is 0. The molecular formula is C19H11F5N2O3. The van der Waals surface area contributed by atoms with Gasteiger partial charge < -0.3 is 15.0 Å². The highest BCUT2D eigenvalue weighted by molar-refractivity contribution is 6.06. The average molecular weight is 410 g/mol. The molecule has 0 unspecified atom stereocenters. The Bertz CT molecular complexity index is 1130. The molecule has 5 nitrogen and oxygen atoms in total. The second-order valence-corrected chi connectivity index (χ2v) is 5.78. The number of benzene rings is 2. The molecule has 0 saturated carbocycles. The van der Waals surface area contributed by atoms with E-state index < -0.39 is 46.3 Å². The second kappa shape index (κ2) is 7.74. The summed E-state index contributed by atoms with van der Waals surface area (Å²) in [5.74, 6) is -4.15. The highest BCUT2D eigenvalue weighted by Gasteiger charge is 2.32. The number of nitrogens with one attached hydrogen (secondary N) is 2. The number of ether oxygens (including phenoxy) is 1. The van der Waals surface area contributed by atoms with Crippen LogP contribution in [0, 0.1) is 11.6 Å². The molecule has 2 N–H and O–H groups in total. The monoisotopic (exact) mass is 410 g/mol. The number of amides is 1. The maximum Gasteiger partial charge on any atom is 0.416 e. The number of carbonyl (C=O) groups excluding carboxylic acids is 1. The van der Waals surface area contributed by atoms with E-state index in [2.05, 4.69) is 10.3 Å². The molecule has 0 saturated heterocycles. The molecular weight excluding hydrogens is 399 g/mol. The number of anilines is 1. The van der Waals surface area contributed by atoms with E-state index in [9.17, 15) is 31.5 Å². The zero-order valence-corrected chi connectivity index (χ0v) is 14.3. The molecule has 0 aliphatic carbocycles. The first kappa shape index (κ1) is 20.1. The lowest BCUT2D eigenvalue weighted by Gasteiger charge is -2.15. The van der Waals surface area contributed by atoms with Gasteiger partial charge in [-0.3, -0.25) is 9.59 Å². The number of rotatable bonds is 4. The normalized spacial score (nSPS) is 11.2. The SMILES string of the molecule is O=C(Nc1cc[nH]c(=O)c1)c1ccc(C(F)(F)F)cc1Oc1ccc(F)cc1F. The predicted octanol–water partition coefficient (Wildman–Crippen LogP) is 4.72. The second-order valence-electron chi connectivity index (χ2n) is 5.78. The Labute approximate surface area is 159 Å². The third-order valence-electron chi connectivity index (χ3n) is 3.70. The van der Waals surface area contributed by atoms with Crippen LogP contribution in [0.2, 0.25) is 0 Å². The molecule has 0 aliphatic heterocycles. The average Bonchev–Trinajstić information content (AvgIpc) is 2.63. The molecule has 1 amide bonds. The van der Waals surface area contributed by atoms with Gasteiger partial charge in [-0.1, -0.05) is 0 Å². The Balaban J connectivity index is 2.01. The summed E-state index contributed by atoms with van der Waals surface area (Å²) >= 11 is 0. The fourth-order valence-electron chi connectivity index (χ4n) is 2.37. The van der Waals surface area contributed by atoms with Gasteiger partial charge in [0.25, 0.3) is 5.91 Å². The lowest BCUT2D eigenvalue weighted by molar-refractivity contribution is -0.137. The van der Waals surface area contributed by atoms with E-state index in [0.29, 0.717) is 18.2 Å². The van der Waals surface area contributed by atoms with Gasteiger partial charge in [-0.05, 0) is 36.4 Å². The minimum atomic E-state index is -4.75. The fraction of sp³-hybridized carbons (Fsp3) is 0.0526. The molecule has 2 aromatic carbocycles. The van der Waals surface area contributed by atoms with Crippen LogP contribution in [0.1, 0.15) is 15.9 Å². The largest absolute Gasteiger partial charge is 0.453 e. The van der Waals surface area contributed by atoms with Gasteiger partial charge in [0.2, 0.25) is 5.56 Å².